The molecule has 104 valence electrons. The van der Waals surface area contributed by atoms with E-state index in [4.69, 9.17) is 0 Å². The molecule has 1 N–H and O–H groups in total. The zero-order chi connectivity index (χ0) is 13.4. The Morgan fingerprint density at radius 2 is 2.00 bits per heavy atom. The van der Waals surface area contributed by atoms with E-state index in [1.807, 2.05) is 11.8 Å². The van der Waals surface area contributed by atoms with Crippen LogP contribution in [0.5, 0.6) is 0 Å². The lowest BCUT2D eigenvalue weighted by Crippen LogP contribution is -2.45. The van der Waals surface area contributed by atoms with Crippen molar-refractivity contribution in [1.82, 2.24) is 9.80 Å². The van der Waals surface area contributed by atoms with Crippen molar-refractivity contribution in [2.75, 3.05) is 38.5 Å². The van der Waals surface area contributed by atoms with Crippen LogP contribution in [-0.2, 0) is 0 Å². The van der Waals surface area contributed by atoms with Crippen molar-refractivity contribution >= 4 is 17.4 Å². The number of nitrogens with one attached hydrogen (secondary N) is 1. The summed E-state index contributed by atoms with van der Waals surface area (Å²) in [7, 11) is 2.21. The number of hydrogen-bond donors (Lipinski definition) is 1. The lowest BCUT2D eigenvalue weighted by atomic mass is 10.1. The third-order valence-electron chi connectivity index (χ3n) is 4.23. The Bertz CT molecular complexity index is 455. The van der Waals surface area contributed by atoms with Crippen molar-refractivity contribution in [2.24, 2.45) is 0 Å². The van der Waals surface area contributed by atoms with Crippen molar-refractivity contribution in [3.05, 3.63) is 23.8 Å². The summed E-state index contributed by atoms with van der Waals surface area (Å²) in [6.45, 7) is 9.26. The smallest absolute Gasteiger partial charge is 0.0741 e. The summed E-state index contributed by atoms with van der Waals surface area (Å²) in [5.74, 6) is 0. The predicted octanol–water partition coefficient (Wildman–Crippen LogP) is 2.86. The van der Waals surface area contributed by atoms with Crippen LogP contribution in [0.15, 0.2) is 23.1 Å². The number of anilines is 1. The minimum absolute atomic E-state index is 0.504. The molecule has 0 aromatic heterocycles. The molecule has 2 aliphatic heterocycles. The third kappa shape index (κ3) is 2.76. The van der Waals surface area contributed by atoms with Gasteiger partial charge in [-0.3, -0.25) is 4.90 Å². The molecular weight excluding hydrogens is 254 g/mol. The fourth-order valence-electron chi connectivity index (χ4n) is 2.88. The van der Waals surface area contributed by atoms with Crippen LogP contribution in [0.1, 0.15) is 25.5 Å². The molecule has 0 spiro atoms. The van der Waals surface area contributed by atoms with Crippen LogP contribution in [0.3, 0.4) is 0 Å². The second-order valence-electron chi connectivity index (χ2n) is 5.68. The van der Waals surface area contributed by atoms with Crippen molar-refractivity contribution in [1.29, 1.82) is 0 Å². The normalized spacial score (nSPS) is 25.9. The van der Waals surface area contributed by atoms with Gasteiger partial charge in [0.25, 0.3) is 0 Å². The maximum Gasteiger partial charge on any atom is 0.0741 e. The first kappa shape index (κ1) is 13.3. The van der Waals surface area contributed by atoms with Gasteiger partial charge in [-0.2, -0.15) is 0 Å². The summed E-state index contributed by atoms with van der Waals surface area (Å²) in [4.78, 5) is 6.39. The maximum absolute atomic E-state index is 3.54. The number of fused-ring (bicyclic) bond motifs is 1. The van der Waals surface area contributed by atoms with Crippen LogP contribution in [-0.4, -0.2) is 48.4 Å². The molecule has 0 radical (unpaired) electrons. The molecule has 4 heteroatoms. The highest BCUT2D eigenvalue weighted by atomic mass is 32.2. The number of nitrogens with zero attached hydrogens (tertiary/aromatic N) is 2. The standard InChI is InChI=1S/C15H23N3S/c1-11(18-8-6-17(3)7-9-18)13-4-5-15-14(10-13)16-12(2)19-15/h4-5,10-12,16H,6-9H2,1-3H3. The lowest BCUT2D eigenvalue weighted by Gasteiger charge is -2.36. The minimum atomic E-state index is 0.504. The van der Waals surface area contributed by atoms with Crippen LogP contribution in [0.2, 0.25) is 0 Å². The largest absolute Gasteiger partial charge is 0.372 e. The molecule has 1 fully saturated rings. The molecule has 1 aromatic carbocycles. The lowest BCUT2D eigenvalue weighted by molar-refractivity contribution is 0.119. The first-order valence-electron chi connectivity index (χ1n) is 7.13. The van der Waals surface area contributed by atoms with Gasteiger partial charge < -0.3 is 10.2 Å². The number of likely N-dealkylation sites (N-methyl/N-ethyl adjacent to an activating group) is 1. The van der Waals surface area contributed by atoms with Gasteiger partial charge in [0, 0.05) is 42.8 Å². The summed E-state index contributed by atoms with van der Waals surface area (Å²) in [6, 6.07) is 7.43. The average Bonchev–Trinajstić information content (AvgIpc) is 2.77. The second-order valence-corrected chi connectivity index (χ2v) is 7.06. The second kappa shape index (κ2) is 5.35. The molecule has 1 aromatic rings. The van der Waals surface area contributed by atoms with Crippen molar-refractivity contribution in [2.45, 2.75) is 30.2 Å². The van der Waals surface area contributed by atoms with E-state index < -0.39 is 0 Å². The Labute approximate surface area is 120 Å². The van der Waals surface area contributed by atoms with Gasteiger partial charge >= 0.3 is 0 Å². The van der Waals surface area contributed by atoms with E-state index >= 15 is 0 Å². The molecule has 2 unspecified atom stereocenters. The summed E-state index contributed by atoms with van der Waals surface area (Å²) < 4.78 is 0. The Hall–Kier alpha value is -0.710. The summed E-state index contributed by atoms with van der Waals surface area (Å²) in [6.07, 6.45) is 0. The van der Waals surface area contributed by atoms with Crippen molar-refractivity contribution in [3.8, 4) is 0 Å². The minimum Gasteiger partial charge on any atom is -0.372 e. The van der Waals surface area contributed by atoms with Crippen LogP contribution < -0.4 is 5.32 Å². The van der Waals surface area contributed by atoms with Gasteiger partial charge in [-0.15, -0.1) is 0 Å². The van der Waals surface area contributed by atoms with Crippen LogP contribution in [0.25, 0.3) is 0 Å². The Morgan fingerprint density at radius 1 is 1.26 bits per heavy atom. The number of benzene rings is 1. The van der Waals surface area contributed by atoms with Gasteiger partial charge in [0.15, 0.2) is 0 Å². The first-order chi connectivity index (χ1) is 9.13. The van der Waals surface area contributed by atoms with Gasteiger partial charge in [-0.1, -0.05) is 17.8 Å². The molecule has 2 atom stereocenters. The highest BCUT2D eigenvalue weighted by Gasteiger charge is 2.23. The van der Waals surface area contributed by atoms with Crippen molar-refractivity contribution < 1.29 is 0 Å². The SMILES string of the molecule is CC1Nc2cc(C(C)N3CCN(C)CC3)ccc2S1. The van der Waals surface area contributed by atoms with Gasteiger partial charge in [0.1, 0.15) is 0 Å². The topological polar surface area (TPSA) is 18.5 Å². The molecule has 19 heavy (non-hydrogen) atoms. The van der Waals surface area contributed by atoms with Crippen LogP contribution in [0, 0.1) is 0 Å². The average molecular weight is 277 g/mol. The molecule has 1 saturated heterocycles. The Morgan fingerprint density at radius 3 is 2.74 bits per heavy atom. The monoisotopic (exact) mass is 277 g/mol. The maximum atomic E-state index is 3.54. The van der Waals surface area contributed by atoms with Crippen LogP contribution in [0.4, 0.5) is 5.69 Å². The third-order valence-corrected chi connectivity index (χ3v) is 5.32. The summed E-state index contributed by atoms with van der Waals surface area (Å²) >= 11 is 1.92. The number of rotatable bonds is 2. The van der Waals surface area contributed by atoms with E-state index in [1.165, 1.54) is 42.3 Å². The van der Waals surface area contributed by atoms with E-state index in [1.54, 1.807) is 0 Å². The van der Waals surface area contributed by atoms with Crippen molar-refractivity contribution in [3.63, 3.8) is 0 Å². The molecule has 0 amide bonds. The number of hydrogen-bond acceptors (Lipinski definition) is 4. The fourth-order valence-corrected chi connectivity index (χ4v) is 3.84. The quantitative estimate of drug-likeness (QED) is 0.895. The van der Waals surface area contributed by atoms with E-state index in [2.05, 4.69) is 54.2 Å². The van der Waals surface area contributed by atoms with Gasteiger partial charge in [0.05, 0.1) is 5.37 Å². The number of thioether (sulfide) groups is 1. The van der Waals surface area contributed by atoms with E-state index in [9.17, 15) is 0 Å². The zero-order valence-corrected chi connectivity index (χ0v) is 12.8. The molecule has 0 bridgehead atoms. The van der Waals surface area contributed by atoms with Gasteiger partial charge in [0.2, 0.25) is 0 Å². The summed E-state index contributed by atoms with van der Waals surface area (Å²) in [5, 5.41) is 4.04. The van der Waals surface area contributed by atoms with Crippen LogP contribution >= 0.6 is 11.8 Å². The molecule has 0 aliphatic carbocycles. The first-order valence-corrected chi connectivity index (χ1v) is 8.01. The molecule has 0 saturated carbocycles. The highest BCUT2D eigenvalue weighted by Crippen LogP contribution is 2.39. The Kier molecular flexibility index (Phi) is 3.74. The fraction of sp³-hybridized carbons (Fsp3) is 0.600. The van der Waals surface area contributed by atoms with Gasteiger partial charge in [-0.05, 0) is 38.6 Å². The predicted molar refractivity (Wildman–Crippen MR) is 82.9 cm³/mol. The molecule has 2 heterocycles. The zero-order valence-electron chi connectivity index (χ0n) is 12.0. The summed E-state index contributed by atoms with van der Waals surface area (Å²) in [5.41, 5.74) is 2.75. The van der Waals surface area contributed by atoms with E-state index in [0.29, 0.717) is 11.4 Å². The van der Waals surface area contributed by atoms with E-state index in [0.717, 1.165) is 0 Å². The van der Waals surface area contributed by atoms with Gasteiger partial charge in [-0.25, -0.2) is 0 Å². The molecule has 3 nitrogen and oxygen atoms in total. The molecular formula is C15H23N3S. The highest BCUT2D eigenvalue weighted by molar-refractivity contribution is 8.00. The molecule has 2 aliphatic rings. The van der Waals surface area contributed by atoms with E-state index in [-0.39, 0.29) is 0 Å². The molecule has 3 rings (SSSR count). The number of piperazine rings is 1. The Balaban J connectivity index is 1.74.